The van der Waals surface area contributed by atoms with Gasteiger partial charge in [0.05, 0.1) is 11.4 Å². The van der Waals surface area contributed by atoms with Gasteiger partial charge in [-0.1, -0.05) is 29.8 Å². The van der Waals surface area contributed by atoms with Gasteiger partial charge in [-0.3, -0.25) is 0 Å². The summed E-state index contributed by atoms with van der Waals surface area (Å²) in [6, 6.07) is 10.7. The number of anilines is 2. The molecule has 0 atom stereocenters. The first-order valence-corrected chi connectivity index (χ1v) is 6.59. The van der Waals surface area contributed by atoms with Crippen LogP contribution in [0.15, 0.2) is 36.4 Å². The lowest BCUT2D eigenvalue weighted by molar-refractivity contribution is 0.606. The highest BCUT2D eigenvalue weighted by atomic mass is 35.5. The van der Waals surface area contributed by atoms with E-state index in [1.54, 1.807) is 12.1 Å². The highest BCUT2D eigenvalue weighted by Crippen LogP contribution is 2.34. The fourth-order valence-electron chi connectivity index (χ4n) is 2.58. The minimum atomic E-state index is -0.268. The van der Waals surface area contributed by atoms with Crippen LogP contribution in [0.5, 0.6) is 0 Å². The number of hydrogen-bond donors (Lipinski definition) is 1. The number of nitrogens with two attached hydrogens (primary N) is 1. The van der Waals surface area contributed by atoms with Crippen LogP contribution < -0.4 is 10.6 Å². The fourth-order valence-corrected chi connectivity index (χ4v) is 2.74. The highest BCUT2D eigenvalue weighted by Gasteiger charge is 2.22. The number of nitrogens with zero attached hydrogens (tertiary/aromatic N) is 1. The van der Waals surface area contributed by atoms with Crippen LogP contribution in [0.2, 0.25) is 5.02 Å². The Labute approximate surface area is 116 Å². The molecular weight excluding hydrogens is 263 g/mol. The van der Waals surface area contributed by atoms with Gasteiger partial charge in [-0.05, 0) is 30.2 Å². The molecule has 0 bridgehead atoms. The fraction of sp³-hybridized carbons (Fsp3) is 0.200. The summed E-state index contributed by atoms with van der Waals surface area (Å²) in [5.74, 6) is -0.268. The average molecular weight is 277 g/mol. The molecule has 4 heteroatoms. The van der Waals surface area contributed by atoms with Crippen LogP contribution in [0, 0.1) is 5.82 Å². The summed E-state index contributed by atoms with van der Waals surface area (Å²) in [7, 11) is 0. The van der Waals surface area contributed by atoms with Crippen molar-refractivity contribution in [3.63, 3.8) is 0 Å². The molecule has 3 rings (SSSR count). The Bertz CT molecular complexity index is 628. The van der Waals surface area contributed by atoms with Gasteiger partial charge in [-0.15, -0.1) is 0 Å². The first-order chi connectivity index (χ1) is 9.15. The van der Waals surface area contributed by atoms with Crippen LogP contribution in [0.4, 0.5) is 15.8 Å². The largest absolute Gasteiger partial charge is 0.397 e. The van der Waals surface area contributed by atoms with Crippen molar-refractivity contribution >= 4 is 23.0 Å². The number of fused-ring (bicyclic) bond motifs is 1. The van der Waals surface area contributed by atoms with E-state index in [1.165, 1.54) is 11.6 Å². The SMILES string of the molecule is Nc1cccc2c1N(Cc1ccc(Cl)cc1F)CC2. The molecule has 0 fully saturated rings. The third kappa shape index (κ3) is 2.26. The Morgan fingerprint density at radius 2 is 2.11 bits per heavy atom. The molecule has 98 valence electrons. The predicted octanol–water partition coefficient (Wildman–Crippen LogP) is 3.62. The molecule has 19 heavy (non-hydrogen) atoms. The lowest BCUT2D eigenvalue weighted by Crippen LogP contribution is -2.21. The van der Waals surface area contributed by atoms with Gasteiger partial charge >= 0.3 is 0 Å². The number of benzene rings is 2. The average Bonchev–Trinajstić information content (AvgIpc) is 2.77. The molecule has 2 nitrogen and oxygen atoms in total. The first kappa shape index (κ1) is 12.3. The van der Waals surface area contributed by atoms with Crippen molar-refractivity contribution in [1.29, 1.82) is 0 Å². The Hall–Kier alpha value is -1.74. The standard InChI is InChI=1S/C15H14ClFN2/c16-12-5-4-11(13(17)8-12)9-19-7-6-10-2-1-3-14(18)15(10)19/h1-5,8H,6-7,9,18H2. The summed E-state index contributed by atoms with van der Waals surface area (Å²) in [5, 5.41) is 0.419. The molecule has 0 aliphatic carbocycles. The maximum Gasteiger partial charge on any atom is 0.129 e. The van der Waals surface area contributed by atoms with Gasteiger partial charge in [0.1, 0.15) is 5.82 Å². The third-order valence-electron chi connectivity index (χ3n) is 3.49. The van der Waals surface area contributed by atoms with Crippen LogP contribution in [0.3, 0.4) is 0 Å². The summed E-state index contributed by atoms with van der Waals surface area (Å²) < 4.78 is 13.8. The molecule has 0 unspecified atom stereocenters. The summed E-state index contributed by atoms with van der Waals surface area (Å²) >= 11 is 5.77. The zero-order valence-electron chi connectivity index (χ0n) is 10.4. The molecule has 0 spiro atoms. The Kier molecular flexibility index (Phi) is 3.07. The molecular formula is C15H14ClFN2. The van der Waals surface area contributed by atoms with Gasteiger partial charge < -0.3 is 10.6 Å². The normalized spacial score (nSPS) is 13.7. The third-order valence-corrected chi connectivity index (χ3v) is 3.73. The summed E-state index contributed by atoms with van der Waals surface area (Å²) in [6.07, 6.45) is 0.954. The second kappa shape index (κ2) is 4.74. The summed E-state index contributed by atoms with van der Waals surface area (Å²) in [4.78, 5) is 2.12. The van der Waals surface area contributed by atoms with Crippen LogP contribution >= 0.6 is 11.6 Å². The van der Waals surface area contributed by atoms with Crippen molar-refractivity contribution in [2.45, 2.75) is 13.0 Å². The van der Waals surface area contributed by atoms with Crippen molar-refractivity contribution < 1.29 is 4.39 Å². The van der Waals surface area contributed by atoms with E-state index in [2.05, 4.69) is 11.0 Å². The van der Waals surface area contributed by atoms with Crippen molar-refractivity contribution in [2.75, 3.05) is 17.2 Å². The van der Waals surface area contributed by atoms with Gasteiger partial charge in [0, 0.05) is 23.7 Å². The molecule has 0 saturated carbocycles. The molecule has 1 heterocycles. The molecule has 2 aromatic carbocycles. The van der Waals surface area contributed by atoms with Crippen molar-refractivity contribution in [3.05, 3.63) is 58.4 Å². The first-order valence-electron chi connectivity index (χ1n) is 6.21. The van der Waals surface area contributed by atoms with E-state index in [9.17, 15) is 4.39 Å². The minimum absolute atomic E-state index is 0.268. The van der Waals surface area contributed by atoms with E-state index in [-0.39, 0.29) is 5.82 Å². The van der Waals surface area contributed by atoms with E-state index >= 15 is 0 Å². The molecule has 1 aliphatic heterocycles. The summed E-state index contributed by atoms with van der Waals surface area (Å²) in [6.45, 7) is 1.38. The Morgan fingerprint density at radius 3 is 2.89 bits per heavy atom. The van der Waals surface area contributed by atoms with Crippen LogP contribution in [0.1, 0.15) is 11.1 Å². The van der Waals surface area contributed by atoms with Gasteiger partial charge in [0.15, 0.2) is 0 Å². The van der Waals surface area contributed by atoms with Crippen LogP contribution in [0.25, 0.3) is 0 Å². The predicted molar refractivity (Wildman–Crippen MR) is 77.0 cm³/mol. The van der Waals surface area contributed by atoms with Crippen LogP contribution in [-0.4, -0.2) is 6.54 Å². The zero-order chi connectivity index (χ0) is 13.4. The van der Waals surface area contributed by atoms with Gasteiger partial charge in [0.25, 0.3) is 0 Å². The van der Waals surface area contributed by atoms with E-state index < -0.39 is 0 Å². The monoisotopic (exact) mass is 276 g/mol. The van der Waals surface area contributed by atoms with Crippen molar-refractivity contribution in [2.24, 2.45) is 0 Å². The molecule has 0 saturated heterocycles. The number of para-hydroxylation sites is 1. The molecule has 2 N–H and O–H groups in total. The summed E-state index contributed by atoms with van der Waals surface area (Å²) in [5.41, 5.74) is 9.68. The van der Waals surface area contributed by atoms with Gasteiger partial charge in [-0.25, -0.2) is 4.39 Å². The molecule has 0 amide bonds. The van der Waals surface area contributed by atoms with E-state index in [0.29, 0.717) is 17.1 Å². The van der Waals surface area contributed by atoms with Crippen molar-refractivity contribution in [3.8, 4) is 0 Å². The number of nitrogen functional groups attached to an aromatic ring is 1. The smallest absolute Gasteiger partial charge is 0.129 e. The highest BCUT2D eigenvalue weighted by molar-refractivity contribution is 6.30. The zero-order valence-corrected chi connectivity index (χ0v) is 11.1. The Morgan fingerprint density at radius 1 is 1.26 bits per heavy atom. The van der Waals surface area contributed by atoms with Gasteiger partial charge in [0.2, 0.25) is 0 Å². The molecule has 1 aliphatic rings. The quantitative estimate of drug-likeness (QED) is 0.849. The second-order valence-corrected chi connectivity index (χ2v) is 5.20. The van der Waals surface area contributed by atoms with Crippen molar-refractivity contribution in [1.82, 2.24) is 0 Å². The molecule has 0 radical (unpaired) electrons. The second-order valence-electron chi connectivity index (χ2n) is 4.76. The Balaban J connectivity index is 1.91. The van der Waals surface area contributed by atoms with Gasteiger partial charge in [-0.2, -0.15) is 0 Å². The number of hydrogen-bond acceptors (Lipinski definition) is 2. The lowest BCUT2D eigenvalue weighted by Gasteiger charge is -2.21. The maximum absolute atomic E-state index is 13.8. The minimum Gasteiger partial charge on any atom is -0.397 e. The van der Waals surface area contributed by atoms with E-state index in [0.717, 1.165) is 24.3 Å². The molecule has 2 aromatic rings. The van der Waals surface area contributed by atoms with E-state index in [4.69, 9.17) is 17.3 Å². The number of rotatable bonds is 2. The van der Waals surface area contributed by atoms with E-state index in [1.807, 2.05) is 12.1 Å². The molecule has 0 aromatic heterocycles. The number of halogens is 2. The lowest BCUT2D eigenvalue weighted by atomic mass is 10.1. The maximum atomic E-state index is 13.8. The van der Waals surface area contributed by atoms with Crippen LogP contribution in [-0.2, 0) is 13.0 Å². The topological polar surface area (TPSA) is 29.3 Å².